The van der Waals surface area contributed by atoms with Crippen molar-refractivity contribution in [3.8, 4) is 0 Å². The summed E-state index contributed by atoms with van der Waals surface area (Å²) in [5.41, 5.74) is 4.78. The summed E-state index contributed by atoms with van der Waals surface area (Å²) in [6.45, 7) is 7.07. The van der Waals surface area contributed by atoms with Gasteiger partial charge in [0.25, 0.3) is 5.91 Å². The van der Waals surface area contributed by atoms with Crippen molar-refractivity contribution >= 4 is 29.3 Å². The molecule has 198 valence electrons. The highest BCUT2D eigenvalue weighted by atomic mass is 16.2. The van der Waals surface area contributed by atoms with Crippen molar-refractivity contribution in [3.05, 3.63) is 102 Å². The van der Waals surface area contributed by atoms with Gasteiger partial charge in [0.1, 0.15) is 0 Å². The Bertz CT molecular complexity index is 1250. The van der Waals surface area contributed by atoms with Crippen LogP contribution in [0.1, 0.15) is 56.0 Å². The molecular weight excluding hydrogens is 472 g/mol. The minimum atomic E-state index is -0.108. The van der Waals surface area contributed by atoms with Crippen molar-refractivity contribution in [2.45, 2.75) is 45.6 Å². The second-order valence-electron chi connectivity index (χ2n) is 10.7. The van der Waals surface area contributed by atoms with Crippen LogP contribution in [-0.4, -0.2) is 35.3 Å². The van der Waals surface area contributed by atoms with Gasteiger partial charge in [-0.2, -0.15) is 0 Å². The molecule has 2 amide bonds. The average molecular weight is 511 g/mol. The number of amides is 2. The van der Waals surface area contributed by atoms with Crippen LogP contribution in [0, 0.1) is 5.92 Å². The lowest BCUT2D eigenvalue weighted by atomic mass is 9.87. The number of piperidine rings is 1. The summed E-state index contributed by atoms with van der Waals surface area (Å²) in [4.78, 5) is 26.9. The minimum Gasteiger partial charge on any atom is -0.361 e. The van der Waals surface area contributed by atoms with E-state index in [0.717, 1.165) is 37.2 Å². The molecule has 3 N–H and O–H groups in total. The largest absolute Gasteiger partial charge is 0.361 e. The standard InChI is InChI=1S/C22H29N3O2.C10H9N/c1-22(2,3)23-15-20(26)24-18-12-10-17(11-13-18)21(27)25-14-6-8-16-7-4-5-9-19(16)25;1-2-7-10-9(5-1)6-3-4-8-11-10/h4-5,9-13,16,23H,6-8,14-15H2,1-3H3,(H,24,26);1-8,11H. The van der Waals surface area contributed by atoms with Gasteiger partial charge < -0.3 is 20.9 Å². The number of para-hydroxylation sites is 1. The molecule has 3 aliphatic rings. The predicted molar refractivity (Wildman–Crippen MR) is 157 cm³/mol. The number of carbonyl (C=O) groups is 2. The highest BCUT2D eigenvalue weighted by Crippen LogP contribution is 2.33. The van der Waals surface area contributed by atoms with E-state index in [4.69, 9.17) is 0 Å². The first-order valence-corrected chi connectivity index (χ1v) is 13.3. The number of rotatable bonds is 4. The summed E-state index contributed by atoms with van der Waals surface area (Å²) in [7, 11) is 0. The second-order valence-corrected chi connectivity index (χ2v) is 10.7. The molecule has 2 aromatic rings. The summed E-state index contributed by atoms with van der Waals surface area (Å²) in [6.07, 6.45) is 17.5. The van der Waals surface area contributed by atoms with Crippen LogP contribution >= 0.6 is 0 Å². The van der Waals surface area contributed by atoms with Crippen molar-refractivity contribution in [3.63, 3.8) is 0 Å². The molecule has 0 spiro atoms. The lowest BCUT2D eigenvalue weighted by molar-refractivity contribution is -0.115. The average Bonchev–Trinajstić information content (AvgIpc) is 3.17. The number of nitrogens with zero attached hydrogens (tertiary/aromatic N) is 1. The molecule has 1 atom stereocenters. The van der Waals surface area contributed by atoms with Crippen molar-refractivity contribution in [1.82, 2.24) is 10.2 Å². The first-order chi connectivity index (χ1) is 18.3. The van der Waals surface area contributed by atoms with Crippen LogP contribution in [0.3, 0.4) is 0 Å². The first kappa shape index (κ1) is 27.1. The number of fused-ring (bicyclic) bond motifs is 2. The van der Waals surface area contributed by atoms with E-state index >= 15 is 0 Å². The van der Waals surface area contributed by atoms with E-state index in [0.29, 0.717) is 17.2 Å². The minimum absolute atomic E-state index is 0.0357. The van der Waals surface area contributed by atoms with Gasteiger partial charge in [-0.25, -0.2) is 0 Å². The second kappa shape index (κ2) is 12.6. The van der Waals surface area contributed by atoms with Gasteiger partial charge in [-0.3, -0.25) is 9.59 Å². The van der Waals surface area contributed by atoms with Crippen LogP contribution < -0.4 is 16.0 Å². The number of allylic oxidation sites excluding steroid dienone is 6. The number of hydrogen-bond acceptors (Lipinski definition) is 4. The predicted octanol–water partition coefficient (Wildman–Crippen LogP) is 6.35. The zero-order chi connectivity index (χ0) is 27.0. The Morgan fingerprint density at radius 2 is 1.82 bits per heavy atom. The Morgan fingerprint density at radius 1 is 1.03 bits per heavy atom. The summed E-state index contributed by atoms with van der Waals surface area (Å²) in [5.74, 6) is 0.400. The number of hydrogen-bond donors (Lipinski definition) is 3. The maximum absolute atomic E-state index is 13.0. The van der Waals surface area contributed by atoms with Gasteiger partial charge in [0.15, 0.2) is 0 Å². The zero-order valence-corrected chi connectivity index (χ0v) is 22.5. The molecule has 0 bridgehead atoms. The Labute approximate surface area is 226 Å². The fourth-order valence-electron chi connectivity index (χ4n) is 4.62. The van der Waals surface area contributed by atoms with E-state index in [1.807, 2.05) is 62.2 Å². The molecule has 2 aliphatic heterocycles. The Kier molecular flexibility index (Phi) is 8.98. The van der Waals surface area contributed by atoms with Crippen LogP contribution in [0.25, 0.3) is 6.08 Å². The summed E-state index contributed by atoms with van der Waals surface area (Å²) < 4.78 is 0. The first-order valence-electron chi connectivity index (χ1n) is 13.3. The zero-order valence-electron chi connectivity index (χ0n) is 22.5. The fraction of sp³-hybridized carbons (Fsp3) is 0.312. The third kappa shape index (κ3) is 7.56. The Morgan fingerprint density at radius 3 is 2.61 bits per heavy atom. The molecular formula is C32H38N4O2. The van der Waals surface area contributed by atoms with E-state index in [9.17, 15) is 9.59 Å². The van der Waals surface area contributed by atoms with E-state index in [-0.39, 0.29) is 23.9 Å². The molecule has 38 heavy (non-hydrogen) atoms. The normalized spacial score (nSPS) is 17.6. The molecule has 1 aliphatic carbocycles. The maximum Gasteiger partial charge on any atom is 0.258 e. The van der Waals surface area contributed by atoms with Crippen LogP contribution in [0.15, 0.2) is 90.8 Å². The van der Waals surface area contributed by atoms with Gasteiger partial charge >= 0.3 is 0 Å². The molecule has 0 radical (unpaired) electrons. The third-order valence-electron chi connectivity index (χ3n) is 6.61. The quantitative estimate of drug-likeness (QED) is 0.448. The van der Waals surface area contributed by atoms with Gasteiger partial charge in [-0.15, -0.1) is 0 Å². The monoisotopic (exact) mass is 510 g/mol. The van der Waals surface area contributed by atoms with Crippen LogP contribution in [0.5, 0.6) is 0 Å². The molecule has 2 aromatic carbocycles. The Balaban J connectivity index is 0.000000253. The number of likely N-dealkylation sites (tertiary alicyclic amines) is 1. The van der Waals surface area contributed by atoms with Gasteiger partial charge in [-0.05, 0) is 88.1 Å². The Hall–Kier alpha value is -3.90. The van der Waals surface area contributed by atoms with Gasteiger partial charge in [0, 0.05) is 46.8 Å². The molecule has 5 rings (SSSR count). The smallest absolute Gasteiger partial charge is 0.258 e. The third-order valence-corrected chi connectivity index (χ3v) is 6.61. The lowest BCUT2D eigenvalue weighted by Crippen LogP contribution is -2.41. The molecule has 6 heteroatoms. The summed E-state index contributed by atoms with van der Waals surface area (Å²) in [6, 6.07) is 15.4. The SMILES string of the molecule is C1=CNc2ccccc2C=C1.CC(C)(C)NCC(=O)Nc1ccc(C(=O)N2CCCC3CC=CC=C32)cc1. The van der Waals surface area contributed by atoms with E-state index in [1.165, 1.54) is 5.56 Å². The maximum atomic E-state index is 13.0. The van der Waals surface area contributed by atoms with Crippen LogP contribution in [0.2, 0.25) is 0 Å². The molecule has 0 aromatic heterocycles. The van der Waals surface area contributed by atoms with Gasteiger partial charge in [0.2, 0.25) is 5.91 Å². The number of carbonyl (C=O) groups excluding carboxylic acids is 2. The van der Waals surface area contributed by atoms with E-state index in [2.05, 4.69) is 46.3 Å². The van der Waals surface area contributed by atoms with Gasteiger partial charge in [-0.1, -0.05) is 42.5 Å². The lowest BCUT2D eigenvalue weighted by Gasteiger charge is -2.36. The highest BCUT2D eigenvalue weighted by molar-refractivity contribution is 5.97. The molecule has 6 nitrogen and oxygen atoms in total. The molecule has 1 saturated heterocycles. The number of anilines is 2. The summed E-state index contributed by atoms with van der Waals surface area (Å²) in [5, 5.41) is 9.20. The van der Waals surface area contributed by atoms with E-state index in [1.54, 1.807) is 24.3 Å². The van der Waals surface area contributed by atoms with Crippen molar-refractivity contribution in [1.29, 1.82) is 0 Å². The van der Waals surface area contributed by atoms with Crippen LogP contribution in [0.4, 0.5) is 11.4 Å². The van der Waals surface area contributed by atoms with Crippen molar-refractivity contribution < 1.29 is 9.59 Å². The van der Waals surface area contributed by atoms with Crippen LogP contribution in [-0.2, 0) is 4.79 Å². The fourth-order valence-corrected chi connectivity index (χ4v) is 4.62. The van der Waals surface area contributed by atoms with Gasteiger partial charge in [0.05, 0.1) is 6.54 Å². The topological polar surface area (TPSA) is 73.5 Å². The number of nitrogens with one attached hydrogen (secondary N) is 3. The molecule has 1 unspecified atom stereocenters. The highest BCUT2D eigenvalue weighted by Gasteiger charge is 2.29. The van der Waals surface area contributed by atoms with E-state index < -0.39 is 0 Å². The number of benzene rings is 2. The summed E-state index contributed by atoms with van der Waals surface area (Å²) >= 11 is 0. The van der Waals surface area contributed by atoms with Crippen molar-refractivity contribution in [2.75, 3.05) is 23.7 Å². The van der Waals surface area contributed by atoms with Crippen molar-refractivity contribution in [2.24, 2.45) is 5.92 Å². The molecule has 0 saturated carbocycles. The molecule has 1 fully saturated rings. The molecule has 2 heterocycles.